The fraction of sp³-hybridized carbons (Fsp3) is 0.0909. The molecule has 17 heavy (non-hydrogen) atoms. The molecule has 86 valence electrons. The van der Waals surface area contributed by atoms with E-state index in [1.165, 1.54) is 0 Å². The average Bonchev–Trinajstić information content (AvgIpc) is 2.95. The normalized spacial score (nSPS) is 10.9. The van der Waals surface area contributed by atoms with Crippen molar-refractivity contribution in [3.8, 4) is 10.7 Å². The second-order valence-electron chi connectivity index (χ2n) is 3.41. The number of nitrogens with one attached hydrogen (secondary N) is 1. The zero-order valence-corrected chi connectivity index (χ0v) is 12.1. The predicted octanol–water partition coefficient (Wildman–Crippen LogP) is 4.22. The molecule has 0 aromatic carbocycles. The van der Waals surface area contributed by atoms with Gasteiger partial charge in [-0.05, 0) is 33.4 Å². The average molecular weight is 326 g/mol. The molecule has 0 atom stereocenters. The maximum atomic E-state index is 4.58. The van der Waals surface area contributed by atoms with Crippen LogP contribution in [0.2, 0.25) is 0 Å². The Hall–Kier alpha value is -0.980. The van der Waals surface area contributed by atoms with Crippen molar-refractivity contribution in [3.63, 3.8) is 0 Å². The van der Waals surface area contributed by atoms with Crippen LogP contribution in [0.4, 0.5) is 5.82 Å². The van der Waals surface area contributed by atoms with Gasteiger partial charge in [0.1, 0.15) is 10.6 Å². The van der Waals surface area contributed by atoms with E-state index in [9.17, 15) is 0 Å². The van der Waals surface area contributed by atoms with Crippen molar-refractivity contribution in [2.24, 2.45) is 0 Å². The summed E-state index contributed by atoms with van der Waals surface area (Å²) in [6, 6.07) is 4.08. The molecule has 1 N–H and O–H groups in total. The van der Waals surface area contributed by atoms with Crippen LogP contribution in [0, 0.1) is 0 Å². The summed E-state index contributed by atoms with van der Waals surface area (Å²) in [4.78, 5) is 11.2. The van der Waals surface area contributed by atoms with Crippen LogP contribution in [0.15, 0.2) is 27.4 Å². The van der Waals surface area contributed by atoms with Gasteiger partial charge in [0.2, 0.25) is 0 Å². The summed E-state index contributed by atoms with van der Waals surface area (Å²) < 4.78 is 1.07. The van der Waals surface area contributed by atoms with E-state index < -0.39 is 0 Å². The molecule has 3 aromatic rings. The highest BCUT2D eigenvalue weighted by Crippen LogP contribution is 2.32. The van der Waals surface area contributed by atoms with Crippen molar-refractivity contribution in [3.05, 3.63) is 27.4 Å². The number of thiophene rings is 2. The number of halogens is 1. The Morgan fingerprint density at radius 2 is 2.18 bits per heavy atom. The fourth-order valence-electron chi connectivity index (χ4n) is 1.59. The van der Waals surface area contributed by atoms with Crippen LogP contribution >= 0.6 is 38.6 Å². The molecule has 0 saturated heterocycles. The first kappa shape index (κ1) is 11.1. The van der Waals surface area contributed by atoms with Gasteiger partial charge in [0.25, 0.3) is 0 Å². The van der Waals surface area contributed by atoms with Gasteiger partial charge < -0.3 is 5.32 Å². The smallest absolute Gasteiger partial charge is 0.173 e. The van der Waals surface area contributed by atoms with E-state index in [0.717, 1.165) is 31.2 Å². The minimum atomic E-state index is 0.778. The second kappa shape index (κ2) is 4.36. The van der Waals surface area contributed by atoms with Crippen molar-refractivity contribution in [2.75, 3.05) is 12.4 Å². The number of hydrogen-bond donors (Lipinski definition) is 1. The molecule has 0 spiro atoms. The van der Waals surface area contributed by atoms with Gasteiger partial charge in [-0.15, -0.1) is 22.7 Å². The van der Waals surface area contributed by atoms with Gasteiger partial charge in [0.15, 0.2) is 5.82 Å². The lowest BCUT2D eigenvalue weighted by molar-refractivity contribution is 1.23. The van der Waals surface area contributed by atoms with E-state index in [2.05, 4.69) is 31.2 Å². The molecule has 0 aliphatic rings. The largest absolute Gasteiger partial charge is 0.372 e. The van der Waals surface area contributed by atoms with Gasteiger partial charge in [-0.3, -0.25) is 0 Å². The molecule has 0 radical (unpaired) electrons. The standard InChI is InChI=1S/C11H8BrN3S2/c1-13-9-7-2-3-16-11(7)15-10(14-9)8-4-6(12)5-17-8/h2-5H,1H3,(H,13,14,15). The zero-order valence-electron chi connectivity index (χ0n) is 8.90. The van der Waals surface area contributed by atoms with E-state index in [-0.39, 0.29) is 0 Å². The molecule has 0 aliphatic heterocycles. The van der Waals surface area contributed by atoms with E-state index in [4.69, 9.17) is 0 Å². The highest BCUT2D eigenvalue weighted by molar-refractivity contribution is 9.10. The molecule has 3 aromatic heterocycles. The van der Waals surface area contributed by atoms with Crippen molar-refractivity contribution in [1.29, 1.82) is 0 Å². The highest BCUT2D eigenvalue weighted by atomic mass is 79.9. The van der Waals surface area contributed by atoms with Crippen molar-refractivity contribution >= 4 is 54.6 Å². The van der Waals surface area contributed by atoms with Crippen LogP contribution in [0.3, 0.4) is 0 Å². The Morgan fingerprint density at radius 1 is 1.29 bits per heavy atom. The lowest BCUT2D eigenvalue weighted by atomic mass is 10.3. The third kappa shape index (κ3) is 1.96. The third-order valence-electron chi connectivity index (χ3n) is 2.35. The Labute approximate surface area is 115 Å². The van der Waals surface area contributed by atoms with Crippen molar-refractivity contribution in [2.45, 2.75) is 0 Å². The summed E-state index contributed by atoms with van der Waals surface area (Å²) >= 11 is 6.72. The van der Waals surface area contributed by atoms with E-state index >= 15 is 0 Å². The van der Waals surface area contributed by atoms with Crippen LogP contribution in [-0.2, 0) is 0 Å². The predicted molar refractivity (Wildman–Crippen MR) is 78.0 cm³/mol. The fourth-order valence-corrected chi connectivity index (χ4v) is 3.71. The molecule has 6 heteroatoms. The van der Waals surface area contributed by atoms with Gasteiger partial charge in [0, 0.05) is 16.9 Å². The Balaban J connectivity index is 2.23. The Bertz CT molecular complexity index is 674. The van der Waals surface area contributed by atoms with Crippen LogP contribution in [0.1, 0.15) is 0 Å². The first-order valence-electron chi connectivity index (χ1n) is 4.95. The summed E-state index contributed by atoms with van der Waals surface area (Å²) in [6.45, 7) is 0. The quantitative estimate of drug-likeness (QED) is 0.766. The van der Waals surface area contributed by atoms with Crippen LogP contribution in [-0.4, -0.2) is 17.0 Å². The first-order chi connectivity index (χ1) is 8.28. The number of fused-ring (bicyclic) bond motifs is 1. The summed E-state index contributed by atoms with van der Waals surface area (Å²) in [7, 11) is 1.88. The van der Waals surface area contributed by atoms with Crippen LogP contribution in [0.25, 0.3) is 20.9 Å². The molecule has 3 heterocycles. The Kier molecular flexibility index (Phi) is 2.85. The minimum Gasteiger partial charge on any atom is -0.372 e. The van der Waals surface area contributed by atoms with Crippen LogP contribution < -0.4 is 5.32 Å². The van der Waals surface area contributed by atoms with E-state index in [1.54, 1.807) is 22.7 Å². The molecule has 0 fully saturated rings. The highest BCUT2D eigenvalue weighted by Gasteiger charge is 2.10. The number of aromatic nitrogens is 2. The first-order valence-corrected chi connectivity index (χ1v) is 7.50. The maximum Gasteiger partial charge on any atom is 0.173 e. The number of nitrogens with zero attached hydrogens (tertiary/aromatic N) is 2. The molecule has 3 nitrogen and oxygen atoms in total. The summed E-state index contributed by atoms with van der Waals surface area (Å²) in [6.07, 6.45) is 0. The van der Waals surface area contributed by atoms with Crippen LogP contribution in [0.5, 0.6) is 0 Å². The van der Waals surface area contributed by atoms with Gasteiger partial charge in [-0.1, -0.05) is 0 Å². The molecule has 0 unspecified atom stereocenters. The molecule has 0 amide bonds. The minimum absolute atomic E-state index is 0.778. The molecule has 0 saturated carbocycles. The van der Waals surface area contributed by atoms with Crippen molar-refractivity contribution in [1.82, 2.24) is 9.97 Å². The van der Waals surface area contributed by atoms with Gasteiger partial charge >= 0.3 is 0 Å². The molecular formula is C11H8BrN3S2. The van der Waals surface area contributed by atoms with Crippen molar-refractivity contribution < 1.29 is 0 Å². The molecule has 0 bridgehead atoms. The number of rotatable bonds is 2. The molecule has 3 rings (SSSR count). The summed E-state index contributed by atoms with van der Waals surface area (Å²) in [5.41, 5.74) is 0. The van der Waals surface area contributed by atoms with E-state index in [0.29, 0.717) is 0 Å². The monoisotopic (exact) mass is 325 g/mol. The van der Waals surface area contributed by atoms with Gasteiger partial charge in [0.05, 0.1) is 10.3 Å². The lowest BCUT2D eigenvalue weighted by Crippen LogP contribution is -1.96. The third-order valence-corrected chi connectivity index (χ3v) is 4.84. The van der Waals surface area contributed by atoms with E-state index in [1.807, 2.05) is 29.9 Å². The van der Waals surface area contributed by atoms with Gasteiger partial charge in [-0.25, -0.2) is 9.97 Å². The SMILES string of the molecule is CNc1nc(-c2cc(Br)cs2)nc2sccc12. The number of hydrogen-bond acceptors (Lipinski definition) is 5. The molecular weight excluding hydrogens is 318 g/mol. The summed E-state index contributed by atoms with van der Waals surface area (Å²) in [5, 5.41) is 8.28. The van der Waals surface area contributed by atoms with Gasteiger partial charge in [-0.2, -0.15) is 0 Å². The topological polar surface area (TPSA) is 37.8 Å². The maximum absolute atomic E-state index is 4.58. The molecule has 0 aliphatic carbocycles. The number of anilines is 1. The second-order valence-corrected chi connectivity index (χ2v) is 6.14. The zero-order chi connectivity index (χ0) is 11.8. The summed E-state index contributed by atoms with van der Waals surface area (Å²) in [5.74, 6) is 1.66. The Morgan fingerprint density at radius 3 is 2.88 bits per heavy atom. The lowest BCUT2D eigenvalue weighted by Gasteiger charge is -2.03.